The summed E-state index contributed by atoms with van der Waals surface area (Å²) in [5.41, 5.74) is 1.14. The van der Waals surface area contributed by atoms with E-state index in [1.54, 1.807) is 6.20 Å². The molecule has 1 atom stereocenters. The van der Waals surface area contributed by atoms with E-state index in [0.717, 1.165) is 11.3 Å². The molecule has 1 unspecified atom stereocenters. The zero-order valence-electron chi connectivity index (χ0n) is 6.40. The molecular weight excluding hydrogens is 190 g/mol. The fourth-order valence-electron chi connectivity index (χ4n) is 1.23. The van der Waals surface area contributed by atoms with E-state index in [1.165, 1.54) is 0 Å². The number of aromatic nitrogens is 1. The molecule has 1 aliphatic heterocycles. The van der Waals surface area contributed by atoms with E-state index in [1.807, 2.05) is 23.9 Å². The smallest absolute Gasteiger partial charge is 0.132 e. The van der Waals surface area contributed by atoms with Gasteiger partial charge in [-0.3, -0.25) is 0 Å². The maximum Gasteiger partial charge on any atom is 0.132 e. The van der Waals surface area contributed by atoms with Crippen LogP contribution in [0.25, 0.3) is 0 Å². The van der Waals surface area contributed by atoms with Gasteiger partial charge in [-0.1, -0.05) is 23.7 Å². The van der Waals surface area contributed by atoms with E-state index in [2.05, 4.69) is 16.5 Å². The molecule has 0 aromatic carbocycles. The van der Waals surface area contributed by atoms with Crippen LogP contribution < -0.4 is 0 Å². The molecule has 1 aromatic rings. The molecule has 0 bridgehead atoms. The van der Waals surface area contributed by atoms with Crippen LogP contribution in [0.15, 0.2) is 29.8 Å². The number of nitrogens with zero attached hydrogens (tertiary/aromatic N) is 1. The highest BCUT2D eigenvalue weighted by Gasteiger charge is 2.14. The molecule has 0 amide bonds. The fraction of sp³-hybridized carbons (Fsp3) is 0.222. The van der Waals surface area contributed by atoms with Crippen LogP contribution >= 0.6 is 23.4 Å². The Balaban J connectivity index is 2.33. The third-order valence-electron chi connectivity index (χ3n) is 1.87. The fourth-order valence-corrected chi connectivity index (χ4v) is 2.40. The summed E-state index contributed by atoms with van der Waals surface area (Å²) in [7, 11) is 0. The van der Waals surface area contributed by atoms with Gasteiger partial charge in [-0.2, -0.15) is 0 Å². The number of hydrogen-bond donors (Lipinski definition) is 0. The van der Waals surface area contributed by atoms with Crippen molar-refractivity contribution in [2.75, 3.05) is 5.75 Å². The van der Waals surface area contributed by atoms with Crippen LogP contribution in [0.1, 0.15) is 11.5 Å². The average molecular weight is 198 g/mol. The second-order valence-electron chi connectivity index (χ2n) is 2.65. The largest absolute Gasteiger partial charge is 0.244 e. The van der Waals surface area contributed by atoms with Crippen LogP contribution in [0.4, 0.5) is 0 Å². The minimum absolute atomic E-state index is 0.455. The number of pyridine rings is 1. The van der Waals surface area contributed by atoms with E-state index in [9.17, 15) is 0 Å². The van der Waals surface area contributed by atoms with Gasteiger partial charge < -0.3 is 0 Å². The topological polar surface area (TPSA) is 12.9 Å². The first-order chi connectivity index (χ1) is 5.88. The summed E-state index contributed by atoms with van der Waals surface area (Å²) >= 11 is 7.77. The normalized spacial score (nSPS) is 21.6. The predicted molar refractivity (Wildman–Crippen MR) is 53.6 cm³/mol. The zero-order valence-corrected chi connectivity index (χ0v) is 7.98. The lowest BCUT2D eigenvalue weighted by atomic mass is 10.0. The van der Waals surface area contributed by atoms with Crippen molar-refractivity contribution >= 4 is 23.4 Å². The van der Waals surface area contributed by atoms with Crippen molar-refractivity contribution in [1.29, 1.82) is 0 Å². The Morgan fingerprint density at radius 3 is 3.17 bits per heavy atom. The van der Waals surface area contributed by atoms with Crippen molar-refractivity contribution in [3.8, 4) is 0 Å². The summed E-state index contributed by atoms with van der Waals surface area (Å²) in [6.07, 6.45) is 3.89. The lowest BCUT2D eigenvalue weighted by Gasteiger charge is -2.07. The molecule has 1 aliphatic rings. The van der Waals surface area contributed by atoms with Gasteiger partial charge in [0.05, 0.1) is 0 Å². The number of rotatable bonds is 1. The number of thioether (sulfide) groups is 1. The van der Waals surface area contributed by atoms with Crippen LogP contribution in [-0.2, 0) is 0 Å². The Hall–Kier alpha value is -0.470. The summed E-state index contributed by atoms with van der Waals surface area (Å²) < 4.78 is 0. The van der Waals surface area contributed by atoms with Crippen molar-refractivity contribution in [2.24, 2.45) is 0 Å². The lowest BCUT2D eigenvalue weighted by molar-refractivity contribution is 0.983. The van der Waals surface area contributed by atoms with Gasteiger partial charge in [-0.05, 0) is 17.0 Å². The number of allylic oxidation sites excluding steroid dienone is 1. The highest BCUT2D eigenvalue weighted by molar-refractivity contribution is 8.02. The van der Waals surface area contributed by atoms with E-state index in [0.29, 0.717) is 11.1 Å². The maximum atomic E-state index is 5.95. The summed E-state index contributed by atoms with van der Waals surface area (Å²) in [6.45, 7) is 0. The third-order valence-corrected chi connectivity index (χ3v) is 3.09. The predicted octanol–water partition coefficient (Wildman–Crippen LogP) is 3.08. The summed E-state index contributed by atoms with van der Waals surface area (Å²) in [5.74, 6) is 1.54. The summed E-state index contributed by atoms with van der Waals surface area (Å²) in [6, 6.07) is 3.97. The van der Waals surface area contributed by atoms with E-state index in [4.69, 9.17) is 11.6 Å². The Labute approximate surface area is 80.8 Å². The molecule has 0 fully saturated rings. The van der Waals surface area contributed by atoms with Gasteiger partial charge in [0, 0.05) is 17.9 Å². The quantitative estimate of drug-likeness (QED) is 0.642. The Kier molecular flexibility index (Phi) is 2.38. The highest BCUT2D eigenvalue weighted by atomic mass is 35.5. The molecule has 0 radical (unpaired) electrons. The zero-order chi connectivity index (χ0) is 8.39. The first kappa shape index (κ1) is 8.14. The molecule has 0 spiro atoms. The van der Waals surface area contributed by atoms with E-state index >= 15 is 0 Å². The molecule has 0 saturated carbocycles. The maximum absolute atomic E-state index is 5.95. The summed E-state index contributed by atoms with van der Waals surface area (Å²) in [5, 5.41) is 2.75. The lowest BCUT2D eigenvalue weighted by Crippen LogP contribution is -1.96. The third kappa shape index (κ3) is 1.50. The molecule has 12 heavy (non-hydrogen) atoms. The van der Waals surface area contributed by atoms with E-state index in [-0.39, 0.29) is 0 Å². The standard InChI is InChI=1S/C9H8ClNS/c10-9-8(2-1-4-11-9)7-3-5-12-6-7/h1-5,7H,6H2. The Morgan fingerprint density at radius 1 is 1.58 bits per heavy atom. The first-order valence-corrected chi connectivity index (χ1v) is 5.19. The van der Waals surface area contributed by atoms with Gasteiger partial charge in [0.2, 0.25) is 0 Å². The minimum Gasteiger partial charge on any atom is -0.244 e. The minimum atomic E-state index is 0.455. The molecule has 2 rings (SSSR count). The van der Waals surface area contributed by atoms with Crippen LogP contribution in [0.3, 0.4) is 0 Å². The van der Waals surface area contributed by atoms with Gasteiger partial charge >= 0.3 is 0 Å². The second kappa shape index (κ2) is 3.50. The van der Waals surface area contributed by atoms with Crippen molar-refractivity contribution in [3.05, 3.63) is 40.5 Å². The van der Waals surface area contributed by atoms with Crippen LogP contribution in [0.2, 0.25) is 5.15 Å². The van der Waals surface area contributed by atoms with Crippen LogP contribution in [0, 0.1) is 0 Å². The highest BCUT2D eigenvalue weighted by Crippen LogP contribution is 2.32. The number of halogens is 1. The number of hydrogen-bond acceptors (Lipinski definition) is 2. The van der Waals surface area contributed by atoms with Gasteiger partial charge in [-0.15, -0.1) is 11.8 Å². The van der Waals surface area contributed by atoms with Crippen molar-refractivity contribution < 1.29 is 0 Å². The van der Waals surface area contributed by atoms with Crippen molar-refractivity contribution in [3.63, 3.8) is 0 Å². The van der Waals surface area contributed by atoms with Gasteiger partial charge in [0.15, 0.2) is 0 Å². The first-order valence-electron chi connectivity index (χ1n) is 3.76. The van der Waals surface area contributed by atoms with Gasteiger partial charge in [-0.25, -0.2) is 4.98 Å². The molecular formula is C9H8ClNS. The van der Waals surface area contributed by atoms with Gasteiger partial charge in [0.25, 0.3) is 0 Å². The molecule has 3 heteroatoms. The Morgan fingerprint density at radius 2 is 2.50 bits per heavy atom. The molecule has 62 valence electrons. The van der Waals surface area contributed by atoms with Crippen LogP contribution in [0.5, 0.6) is 0 Å². The summed E-state index contributed by atoms with van der Waals surface area (Å²) in [4.78, 5) is 4.05. The monoisotopic (exact) mass is 197 g/mol. The molecule has 2 heterocycles. The molecule has 1 aromatic heterocycles. The molecule has 0 saturated heterocycles. The second-order valence-corrected chi connectivity index (χ2v) is 3.95. The van der Waals surface area contributed by atoms with Crippen molar-refractivity contribution in [1.82, 2.24) is 4.98 Å². The molecule has 0 aliphatic carbocycles. The molecule has 0 N–H and O–H groups in total. The van der Waals surface area contributed by atoms with Gasteiger partial charge in [0.1, 0.15) is 5.15 Å². The Bertz CT molecular complexity index is 311. The molecule has 1 nitrogen and oxygen atoms in total. The van der Waals surface area contributed by atoms with Crippen molar-refractivity contribution in [2.45, 2.75) is 5.92 Å². The van der Waals surface area contributed by atoms with Crippen LogP contribution in [-0.4, -0.2) is 10.7 Å². The average Bonchev–Trinajstić information content (AvgIpc) is 2.57. The SMILES string of the molecule is Clc1ncccc1C1C=CSC1. The van der Waals surface area contributed by atoms with E-state index < -0.39 is 0 Å².